The Morgan fingerprint density at radius 2 is 2.29 bits per heavy atom. The van der Waals surface area contributed by atoms with E-state index in [9.17, 15) is 4.79 Å². The van der Waals surface area contributed by atoms with E-state index in [1.54, 1.807) is 23.4 Å². The van der Waals surface area contributed by atoms with Crippen molar-refractivity contribution in [3.63, 3.8) is 0 Å². The third kappa shape index (κ3) is 3.42. The van der Waals surface area contributed by atoms with E-state index in [1.165, 1.54) is 7.11 Å². The lowest BCUT2D eigenvalue weighted by molar-refractivity contribution is 0.0757. The fourth-order valence-electron chi connectivity index (χ4n) is 1.63. The van der Waals surface area contributed by atoms with Crippen LogP contribution in [0.25, 0.3) is 0 Å². The molecule has 1 rings (SSSR count). The zero-order valence-corrected chi connectivity index (χ0v) is 10.3. The molecule has 5 heteroatoms. The minimum absolute atomic E-state index is 0.0587. The number of pyridine rings is 1. The van der Waals surface area contributed by atoms with Gasteiger partial charge in [-0.15, -0.1) is 0 Å². The van der Waals surface area contributed by atoms with Gasteiger partial charge in [0, 0.05) is 25.8 Å². The average Bonchev–Trinajstić information content (AvgIpc) is 2.37. The summed E-state index contributed by atoms with van der Waals surface area (Å²) in [5.41, 5.74) is 6.04. The van der Waals surface area contributed by atoms with Crippen LogP contribution in [0.2, 0.25) is 0 Å². The Bertz CT molecular complexity index is 363. The highest BCUT2D eigenvalue weighted by molar-refractivity contribution is 5.96. The first-order chi connectivity index (χ1) is 8.24. The van der Waals surface area contributed by atoms with E-state index < -0.39 is 0 Å². The van der Waals surface area contributed by atoms with Gasteiger partial charge < -0.3 is 15.4 Å². The normalized spacial score (nSPS) is 10.1. The molecule has 0 aromatic carbocycles. The third-order valence-electron chi connectivity index (χ3n) is 2.41. The van der Waals surface area contributed by atoms with Crippen molar-refractivity contribution in [2.24, 2.45) is 5.73 Å². The van der Waals surface area contributed by atoms with Crippen LogP contribution in [0.15, 0.2) is 18.5 Å². The molecule has 5 nitrogen and oxygen atoms in total. The van der Waals surface area contributed by atoms with Gasteiger partial charge in [-0.3, -0.25) is 9.78 Å². The number of amides is 1. The van der Waals surface area contributed by atoms with Crippen LogP contribution in [0.1, 0.15) is 23.7 Å². The zero-order valence-electron chi connectivity index (χ0n) is 10.3. The second-order valence-corrected chi connectivity index (χ2v) is 3.66. The van der Waals surface area contributed by atoms with E-state index >= 15 is 0 Å². The SMILES string of the molecule is CCCN(CCN)C(=O)c1ccncc1OC. The van der Waals surface area contributed by atoms with E-state index in [0.717, 1.165) is 6.42 Å². The van der Waals surface area contributed by atoms with Gasteiger partial charge in [0.25, 0.3) is 5.91 Å². The minimum Gasteiger partial charge on any atom is -0.494 e. The smallest absolute Gasteiger partial charge is 0.257 e. The van der Waals surface area contributed by atoms with Crippen LogP contribution >= 0.6 is 0 Å². The summed E-state index contributed by atoms with van der Waals surface area (Å²) in [6.45, 7) is 3.74. The molecule has 0 spiro atoms. The van der Waals surface area contributed by atoms with Crippen molar-refractivity contribution in [3.05, 3.63) is 24.0 Å². The van der Waals surface area contributed by atoms with Crippen LogP contribution < -0.4 is 10.5 Å². The van der Waals surface area contributed by atoms with Crippen LogP contribution in [0.5, 0.6) is 5.75 Å². The van der Waals surface area contributed by atoms with Gasteiger partial charge in [0.15, 0.2) is 0 Å². The number of methoxy groups -OCH3 is 1. The molecular weight excluding hydrogens is 218 g/mol. The fraction of sp³-hybridized carbons (Fsp3) is 0.500. The zero-order chi connectivity index (χ0) is 12.7. The van der Waals surface area contributed by atoms with Crippen molar-refractivity contribution < 1.29 is 9.53 Å². The third-order valence-corrected chi connectivity index (χ3v) is 2.41. The highest BCUT2D eigenvalue weighted by Crippen LogP contribution is 2.17. The van der Waals surface area contributed by atoms with E-state index in [4.69, 9.17) is 10.5 Å². The summed E-state index contributed by atoms with van der Waals surface area (Å²) < 4.78 is 5.13. The van der Waals surface area contributed by atoms with Gasteiger partial charge in [-0.25, -0.2) is 0 Å². The molecule has 1 aromatic rings. The number of nitrogens with zero attached hydrogens (tertiary/aromatic N) is 2. The van der Waals surface area contributed by atoms with E-state index in [1.807, 2.05) is 6.92 Å². The number of hydrogen-bond donors (Lipinski definition) is 1. The predicted molar refractivity (Wildman–Crippen MR) is 66.0 cm³/mol. The standard InChI is InChI=1S/C12H19N3O2/c1-3-7-15(8-5-13)12(16)10-4-6-14-9-11(10)17-2/h4,6,9H,3,5,7-8,13H2,1-2H3. The molecule has 1 heterocycles. The summed E-state index contributed by atoms with van der Waals surface area (Å²) in [6, 6.07) is 1.67. The molecule has 0 aliphatic carbocycles. The van der Waals surface area contributed by atoms with Crippen LogP contribution in [-0.2, 0) is 0 Å². The maximum absolute atomic E-state index is 12.3. The van der Waals surface area contributed by atoms with Crippen molar-refractivity contribution in [1.29, 1.82) is 0 Å². The lowest BCUT2D eigenvalue weighted by atomic mass is 10.2. The van der Waals surface area contributed by atoms with Crippen molar-refractivity contribution in [1.82, 2.24) is 9.88 Å². The van der Waals surface area contributed by atoms with Gasteiger partial charge in [-0.2, -0.15) is 0 Å². The second-order valence-electron chi connectivity index (χ2n) is 3.66. The fourth-order valence-corrected chi connectivity index (χ4v) is 1.63. The Morgan fingerprint density at radius 1 is 1.53 bits per heavy atom. The molecule has 17 heavy (non-hydrogen) atoms. The first-order valence-electron chi connectivity index (χ1n) is 5.71. The molecule has 0 radical (unpaired) electrons. The highest BCUT2D eigenvalue weighted by Gasteiger charge is 2.18. The Balaban J connectivity index is 2.92. The molecule has 94 valence electrons. The Kier molecular flexibility index (Phi) is 5.42. The summed E-state index contributed by atoms with van der Waals surface area (Å²) >= 11 is 0. The Labute approximate surface area is 102 Å². The summed E-state index contributed by atoms with van der Waals surface area (Å²) in [5.74, 6) is 0.437. The number of hydrogen-bond acceptors (Lipinski definition) is 4. The monoisotopic (exact) mass is 237 g/mol. The Hall–Kier alpha value is -1.62. The summed E-state index contributed by atoms with van der Waals surface area (Å²) in [6.07, 6.45) is 4.03. The molecular formula is C12H19N3O2. The number of nitrogens with two attached hydrogens (primary N) is 1. The number of aromatic nitrogens is 1. The predicted octanol–water partition coefficient (Wildman–Crippen LogP) is 0.901. The maximum Gasteiger partial charge on any atom is 0.257 e. The molecule has 0 atom stereocenters. The van der Waals surface area contributed by atoms with Gasteiger partial charge in [0.2, 0.25) is 0 Å². The molecule has 0 fully saturated rings. The Morgan fingerprint density at radius 3 is 2.88 bits per heavy atom. The van der Waals surface area contributed by atoms with Gasteiger partial charge in [0.05, 0.1) is 18.9 Å². The lowest BCUT2D eigenvalue weighted by Gasteiger charge is -2.22. The first kappa shape index (κ1) is 13.4. The molecule has 0 saturated heterocycles. The largest absolute Gasteiger partial charge is 0.494 e. The topological polar surface area (TPSA) is 68.5 Å². The molecule has 0 aliphatic rings. The molecule has 0 aliphatic heterocycles. The van der Waals surface area contributed by atoms with Crippen LogP contribution in [-0.4, -0.2) is 42.5 Å². The van der Waals surface area contributed by atoms with Crippen LogP contribution in [0, 0.1) is 0 Å². The molecule has 0 saturated carbocycles. The van der Waals surface area contributed by atoms with Gasteiger partial charge in [-0.1, -0.05) is 6.92 Å². The molecule has 0 bridgehead atoms. The molecule has 2 N–H and O–H groups in total. The second kappa shape index (κ2) is 6.85. The lowest BCUT2D eigenvalue weighted by Crippen LogP contribution is -2.36. The maximum atomic E-state index is 12.3. The van der Waals surface area contributed by atoms with Gasteiger partial charge in [-0.05, 0) is 12.5 Å². The van der Waals surface area contributed by atoms with Crippen LogP contribution in [0.4, 0.5) is 0 Å². The molecule has 1 aromatic heterocycles. The van der Waals surface area contributed by atoms with Crippen LogP contribution in [0.3, 0.4) is 0 Å². The average molecular weight is 237 g/mol. The first-order valence-corrected chi connectivity index (χ1v) is 5.71. The number of rotatable bonds is 6. The summed E-state index contributed by atoms with van der Waals surface area (Å²) in [5, 5.41) is 0. The van der Waals surface area contributed by atoms with E-state index in [0.29, 0.717) is 30.9 Å². The van der Waals surface area contributed by atoms with Gasteiger partial charge >= 0.3 is 0 Å². The number of carbonyl (C=O) groups excluding carboxylic acids is 1. The highest BCUT2D eigenvalue weighted by atomic mass is 16.5. The molecule has 0 unspecified atom stereocenters. The quantitative estimate of drug-likeness (QED) is 0.798. The van der Waals surface area contributed by atoms with Crippen molar-refractivity contribution in [2.45, 2.75) is 13.3 Å². The van der Waals surface area contributed by atoms with Crippen molar-refractivity contribution >= 4 is 5.91 Å². The summed E-state index contributed by atoms with van der Waals surface area (Å²) in [4.78, 5) is 17.9. The number of ether oxygens (including phenoxy) is 1. The van der Waals surface area contributed by atoms with Gasteiger partial charge in [0.1, 0.15) is 5.75 Å². The van der Waals surface area contributed by atoms with E-state index in [2.05, 4.69) is 4.98 Å². The summed E-state index contributed by atoms with van der Waals surface area (Å²) in [7, 11) is 1.53. The minimum atomic E-state index is -0.0587. The molecule has 1 amide bonds. The number of carbonyl (C=O) groups is 1. The van der Waals surface area contributed by atoms with E-state index in [-0.39, 0.29) is 5.91 Å². The van der Waals surface area contributed by atoms with Crippen molar-refractivity contribution in [2.75, 3.05) is 26.7 Å². The van der Waals surface area contributed by atoms with Crippen molar-refractivity contribution in [3.8, 4) is 5.75 Å².